The van der Waals surface area contributed by atoms with Crippen molar-refractivity contribution < 1.29 is 13.9 Å². The fourth-order valence-electron chi connectivity index (χ4n) is 4.48. The lowest BCUT2D eigenvalue weighted by atomic mass is 10.0. The number of carbonyl (C=O) groups is 1. The van der Waals surface area contributed by atoms with E-state index in [1.165, 1.54) is 5.56 Å². The van der Waals surface area contributed by atoms with Crippen LogP contribution in [0.1, 0.15) is 43.0 Å². The lowest BCUT2D eigenvalue weighted by Gasteiger charge is -2.36. The van der Waals surface area contributed by atoms with Gasteiger partial charge in [0.05, 0.1) is 13.2 Å². The highest BCUT2D eigenvalue weighted by atomic mass is 16.5. The second-order valence-corrected chi connectivity index (χ2v) is 8.00. The fourth-order valence-corrected chi connectivity index (χ4v) is 4.48. The largest absolute Gasteiger partial charge is 0.494 e. The Balaban J connectivity index is 1.33. The van der Waals surface area contributed by atoms with Crippen LogP contribution in [0.15, 0.2) is 28.7 Å². The summed E-state index contributed by atoms with van der Waals surface area (Å²) in [6, 6.07) is 10.6. The Morgan fingerprint density at radius 2 is 1.97 bits per heavy atom. The Hall–Kier alpha value is -3.05. The molecule has 2 aliphatic heterocycles. The predicted molar refractivity (Wildman–Crippen MR) is 116 cm³/mol. The third-order valence-electron chi connectivity index (χ3n) is 6.02. The summed E-state index contributed by atoms with van der Waals surface area (Å²) in [6.45, 7) is 8.25. The minimum atomic E-state index is 0.159. The summed E-state index contributed by atoms with van der Waals surface area (Å²) in [5.41, 5.74) is 1.55. The maximum absolute atomic E-state index is 13.0. The van der Waals surface area contributed by atoms with Crippen LogP contribution < -0.4 is 9.64 Å². The number of rotatable bonds is 6. The summed E-state index contributed by atoms with van der Waals surface area (Å²) in [5.74, 6) is 2.04. The van der Waals surface area contributed by atoms with Crippen LogP contribution in [-0.2, 0) is 4.79 Å². The molecule has 1 aromatic heterocycles. The number of piperazine rings is 1. The molecule has 31 heavy (non-hydrogen) atoms. The van der Waals surface area contributed by atoms with Crippen LogP contribution in [0.25, 0.3) is 0 Å². The molecule has 2 aliphatic rings. The molecule has 1 aromatic carbocycles. The minimum absolute atomic E-state index is 0.159. The number of benzene rings is 1. The molecule has 4 rings (SSSR count). The molecule has 3 heterocycles. The first-order valence-corrected chi connectivity index (χ1v) is 11.0. The van der Waals surface area contributed by atoms with Gasteiger partial charge < -0.3 is 19.0 Å². The van der Waals surface area contributed by atoms with Gasteiger partial charge in [-0.15, -0.1) is 0 Å². The molecule has 8 nitrogen and oxygen atoms in total. The normalized spacial score (nSPS) is 19.5. The van der Waals surface area contributed by atoms with Gasteiger partial charge in [0, 0.05) is 39.1 Å². The van der Waals surface area contributed by atoms with Gasteiger partial charge in [0.2, 0.25) is 17.5 Å². The molecule has 1 unspecified atom stereocenters. The molecule has 0 aliphatic carbocycles. The number of nitrogens with zero attached hydrogens (tertiary/aromatic N) is 5. The summed E-state index contributed by atoms with van der Waals surface area (Å²) < 4.78 is 11.2. The van der Waals surface area contributed by atoms with Crippen molar-refractivity contribution in [1.29, 1.82) is 5.26 Å². The van der Waals surface area contributed by atoms with Crippen LogP contribution in [0.2, 0.25) is 0 Å². The van der Waals surface area contributed by atoms with E-state index in [4.69, 9.17) is 9.15 Å². The summed E-state index contributed by atoms with van der Waals surface area (Å²) in [7, 11) is 0. The van der Waals surface area contributed by atoms with Crippen molar-refractivity contribution in [3.63, 3.8) is 0 Å². The smallest absolute Gasteiger partial charge is 0.236 e. The monoisotopic (exact) mass is 423 g/mol. The SMILES string of the molecule is CCOc1ccc(C2CCCN2CC(=O)N2CCN(c3oc(C)nc3C#N)CC2)cc1. The lowest BCUT2D eigenvalue weighted by Crippen LogP contribution is -2.51. The molecule has 1 amide bonds. The number of hydrogen-bond acceptors (Lipinski definition) is 7. The second kappa shape index (κ2) is 9.40. The molecule has 1 atom stereocenters. The Labute approximate surface area is 183 Å². The van der Waals surface area contributed by atoms with Crippen molar-refractivity contribution in [2.45, 2.75) is 32.7 Å². The molecule has 2 fully saturated rings. The third-order valence-corrected chi connectivity index (χ3v) is 6.02. The number of likely N-dealkylation sites (tertiary alicyclic amines) is 1. The fraction of sp³-hybridized carbons (Fsp3) is 0.522. The second-order valence-electron chi connectivity index (χ2n) is 8.00. The van der Waals surface area contributed by atoms with Gasteiger partial charge in [0.15, 0.2) is 5.89 Å². The number of amides is 1. The van der Waals surface area contributed by atoms with Crippen molar-refractivity contribution in [2.75, 3.05) is 50.8 Å². The summed E-state index contributed by atoms with van der Waals surface area (Å²) in [4.78, 5) is 23.3. The van der Waals surface area contributed by atoms with E-state index in [-0.39, 0.29) is 11.9 Å². The van der Waals surface area contributed by atoms with Gasteiger partial charge in [0.1, 0.15) is 11.8 Å². The van der Waals surface area contributed by atoms with Gasteiger partial charge in [-0.3, -0.25) is 9.69 Å². The maximum atomic E-state index is 13.0. The standard InChI is InChI=1S/C23H29N5O3/c1-3-30-19-8-6-18(7-9-19)21-5-4-10-28(21)16-22(29)26-11-13-27(14-12-26)23-20(15-24)25-17(2)31-23/h6-9,21H,3-5,10-14,16H2,1-2H3. The van der Waals surface area contributed by atoms with E-state index in [1.807, 2.05) is 28.9 Å². The van der Waals surface area contributed by atoms with Crippen LogP contribution in [0.3, 0.4) is 0 Å². The number of nitriles is 1. The number of aryl methyl sites for hydroxylation is 1. The molecule has 0 spiro atoms. The molecule has 0 saturated carbocycles. The van der Waals surface area contributed by atoms with Gasteiger partial charge in [0.25, 0.3) is 0 Å². The highest BCUT2D eigenvalue weighted by Gasteiger charge is 2.31. The van der Waals surface area contributed by atoms with E-state index in [0.29, 0.717) is 56.8 Å². The van der Waals surface area contributed by atoms with E-state index >= 15 is 0 Å². The third kappa shape index (κ3) is 4.67. The Bertz CT molecular complexity index is 941. The number of carbonyl (C=O) groups excluding carboxylic acids is 1. The van der Waals surface area contributed by atoms with Crippen molar-refractivity contribution >= 4 is 11.8 Å². The number of hydrogen-bond donors (Lipinski definition) is 0. The zero-order chi connectivity index (χ0) is 21.8. The molecule has 2 saturated heterocycles. The van der Waals surface area contributed by atoms with Gasteiger partial charge in [-0.1, -0.05) is 12.1 Å². The van der Waals surface area contributed by atoms with E-state index in [2.05, 4.69) is 28.1 Å². The molecular formula is C23H29N5O3. The van der Waals surface area contributed by atoms with Crippen LogP contribution in [0, 0.1) is 18.3 Å². The van der Waals surface area contributed by atoms with E-state index < -0.39 is 0 Å². The first-order chi connectivity index (χ1) is 15.1. The van der Waals surface area contributed by atoms with Crippen molar-refractivity contribution in [1.82, 2.24) is 14.8 Å². The first-order valence-electron chi connectivity index (χ1n) is 11.0. The summed E-state index contributed by atoms with van der Waals surface area (Å²) in [6.07, 6.45) is 2.16. The van der Waals surface area contributed by atoms with Crippen molar-refractivity contribution in [3.8, 4) is 11.8 Å². The molecular weight excluding hydrogens is 394 g/mol. The number of oxazole rings is 1. The van der Waals surface area contributed by atoms with Crippen molar-refractivity contribution in [3.05, 3.63) is 41.4 Å². The van der Waals surface area contributed by atoms with Gasteiger partial charge >= 0.3 is 0 Å². The number of aromatic nitrogens is 1. The summed E-state index contributed by atoms with van der Waals surface area (Å²) >= 11 is 0. The highest BCUT2D eigenvalue weighted by Crippen LogP contribution is 2.32. The Morgan fingerprint density at radius 3 is 2.65 bits per heavy atom. The Kier molecular flexibility index (Phi) is 6.42. The highest BCUT2D eigenvalue weighted by molar-refractivity contribution is 5.78. The van der Waals surface area contributed by atoms with E-state index in [1.54, 1.807) is 6.92 Å². The van der Waals surface area contributed by atoms with Crippen LogP contribution in [0.4, 0.5) is 5.88 Å². The van der Waals surface area contributed by atoms with Gasteiger partial charge in [-0.2, -0.15) is 5.26 Å². The molecule has 164 valence electrons. The van der Waals surface area contributed by atoms with Gasteiger partial charge in [-0.25, -0.2) is 4.98 Å². The minimum Gasteiger partial charge on any atom is -0.494 e. The van der Waals surface area contributed by atoms with Crippen LogP contribution >= 0.6 is 0 Å². The number of anilines is 1. The molecule has 0 radical (unpaired) electrons. The first kappa shape index (κ1) is 21.2. The molecule has 8 heteroatoms. The lowest BCUT2D eigenvalue weighted by molar-refractivity contribution is -0.133. The molecule has 2 aromatic rings. The van der Waals surface area contributed by atoms with E-state index in [0.717, 1.165) is 25.1 Å². The Morgan fingerprint density at radius 1 is 1.23 bits per heavy atom. The topological polar surface area (TPSA) is 85.8 Å². The van der Waals surface area contributed by atoms with E-state index in [9.17, 15) is 10.1 Å². The maximum Gasteiger partial charge on any atom is 0.236 e. The van der Waals surface area contributed by atoms with Crippen LogP contribution in [-0.4, -0.2) is 66.6 Å². The molecule has 0 N–H and O–H groups in total. The average Bonchev–Trinajstić information content (AvgIpc) is 3.40. The van der Waals surface area contributed by atoms with Crippen LogP contribution in [0.5, 0.6) is 5.75 Å². The van der Waals surface area contributed by atoms with Crippen molar-refractivity contribution in [2.24, 2.45) is 0 Å². The molecule has 0 bridgehead atoms. The average molecular weight is 424 g/mol. The zero-order valence-corrected chi connectivity index (χ0v) is 18.2. The number of ether oxygens (including phenoxy) is 1. The summed E-state index contributed by atoms with van der Waals surface area (Å²) in [5, 5.41) is 9.25. The zero-order valence-electron chi connectivity index (χ0n) is 18.2. The quantitative estimate of drug-likeness (QED) is 0.706. The predicted octanol–water partition coefficient (Wildman–Crippen LogP) is 2.74. The van der Waals surface area contributed by atoms with Gasteiger partial charge in [-0.05, 0) is 44.0 Å².